The van der Waals surface area contributed by atoms with Gasteiger partial charge in [0.05, 0.1) is 6.04 Å². The van der Waals surface area contributed by atoms with Crippen LogP contribution in [0, 0.1) is 5.82 Å². The lowest BCUT2D eigenvalue weighted by Gasteiger charge is -2.16. The second-order valence-electron chi connectivity index (χ2n) is 4.83. The van der Waals surface area contributed by atoms with Crippen molar-refractivity contribution < 1.29 is 13.9 Å². The van der Waals surface area contributed by atoms with E-state index in [1.807, 2.05) is 6.07 Å². The van der Waals surface area contributed by atoms with Crippen LogP contribution in [0.2, 0.25) is 0 Å². The molecule has 22 heavy (non-hydrogen) atoms. The summed E-state index contributed by atoms with van der Waals surface area (Å²) in [5, 5.41) is 5.44. The molecule has 0 saturated carbocycles. The third kappa shape index (κ3) is 5.05. The van der Waals surface area contributed by atoms with E-state index in [0.29, 0.717) is 6.54 Å². The maximum Gasteiger partial charge on any atom is 0.315 e. The zero-order chi connectivity index (χ0) is 15.8. The van der Waals surface area contributed by atoms with Crippen LogP contribution in [-0.2, 0) is 6.54 Å². The van der Waals surface area contributed by atoms with Gasteiger partial charge in [0.15, 0.2) is 11.6 Å². The summed E-state index contributed by atoms with van der Waals surface area (Å²) < 4.78 is 18.7. The van der Waals surface area contributed by atoms with Crippen molar-refractivity contribution in [2.24, 2.45) is 0 Å². The fourth-order valence-electron chi connectivity index (χ4n) is 1.78. The number of urea groups is 1. The largest absolute Gasteiger partial charge is 0.488 e. The first-order valence-corrected chi connectivity index (χ1v) is 6.96. The van der Waals surface area contributed by atoms with E-state index in [4.69, 9.17) is 4.74 Å². The molecule has 0 spiro atoms. The summed E-state index contributed by atoms with van der Waals surface area (Å²) in [7, 11) is 0. The molecule has 116 valence electrons. The highest BCUT2D eigenvalue weighted by molar-refractivity contribution is 5.74. The lowest BCUT2D eigenvalue weighted by atomic mass is 10.3. The summed E-state index contributed by atoms with van der Waals surface area (Å²) in [4.78, 5) is 15.7. The molecule has 1 unspecified atom stereocenters. The number of hydrogen-bond acceptors (Lipinski definition) is 3. The lowest BCUT2D eigenvalue weighted by molar-refractivity contribution is 0.224. The Balaban J connectivity index is 1.71. The zero-order valence-electron chi connectivity index (χ0n) is 12.3. The van der Waals surface area contributed by atoms with Crippen molar-refractivity contribution in [1.82, 2.24) is 15.6 Å². The molecule has 2 N–H and O–H groups in total. The number of aromatic nitrogens is 1. The normalized spacial score (nSPS) is 11.5. The van der Waals surface area contributed by atoms with Crippen LogP contribution in [0.1, 0.15) is 12.5 Å². The molecule has 0 radical (unpaired) electrons. The second kappa shape index (κ2) is 7.97. The number of pyridine rings is 1. The number of para-hydroxylation sites is 1. The van der Waals surface area contributed by atoms with Crippen LogP contribution in [0.25, 0.3) is 0 Å². The minimum Gasteiger partial charge on any atom is -0.488 e. The van der Waals surface area contributed by atoms with Gasteiger partial charge in [-0.15, -0.1) is 0 Å². The van der Waals surface area contributed by atoms with E-state index in [-0.39, 0.29) is 24.4 Å². The number of carbonyl (C=O) groups excluding carboxylic acids is 1. The Labute approximate surface area is 128 Å². The molecule has 2 aromatic rings. The number of amides is 2. The molecule has 0 saturated heterocycles. The fourth-order valence-corrected chi connectivity index (χ4v) is 1.78. The number of carbonyl (C=O) groups is 1. The van der Waals surface area contributed by atoms with Crippen LogP contribution in [-0.4, -0.2) is 23.7 Å². The molecule has 0 bridgehead atoms. The highest BCUT2D eigenvalue weighted by Crippen LogP contribution is 2.15. The van der Waals surface area contributed by atoms with Gasteiger partial charge in [0.1, 0.15) is 6.61 Å². The molecule has 2 amide bonds. The molecule has 6 heteroatoms. The van der Waals surface area contributed by atoms with E-state index in [0.717, 1.165) is 5.56 Å². The topological polar surface area (TPSA) is 63.2 Å². The van der Waals surface area contributed by atoms with Gasteiger partial charge in [0.2, 0.25) is 0 Å². The van der Waals surface area contributed by atoms with E-state index in [1.54, 1.807) is 43.6 Å². The summed E-state index contributed by atoms with van der Waals surface area (Å²) >= 11 is 0. The lowest BCUT2D eigenvalue weighted by Crippen LogP contribution is -2.43. The van der Waals surface area contributed by atoms with E-state index in [9.17, 15) is 9.18 Å². The van der Waals surface area contributed by atoms with Crippen LogP contribution in [0.15, 0.2) is 48.8 Å². The van der Waals surface area contributed by atoms with Gasteiger partial charge in [-0.2, -0.15) is 0 Å². The predicted octanol–water partition coefficient (Wildman–Crippen LogP) is 2.49. The highest BCUT2D eigenvalue weighted by Gasteiger charge is 2.09. The average Bonchev–Trinajstić information content (AvgIpc) is 2.53. The number of ether oxygens (including phenoxy) is 1. The number of nitrogens with zero attached hydrogens (tertiary/aromatic N) is 1. The molecular formula is C16H18FN3O2. The van der Waals surface area contributed by atoms with Crippen molar-refractivity contribution in [3.8, 4) is 5.75 Å². The smallest absolute Gasteiger partial charge is 0.315 e. The molecule has 0 aliphatic heterocycles. The monoisotopic (exact) mass is 303 g/mol. The number of benzene rings is 1. The Hall–Kier alpha value is -2.63. The minimum absolute atomic E-state index is 0.173. The van der Waals surface area contributed by atoms with E-state index in [1.165, 1.54) is 6.07 Å². The van der Waals surface area contributed by atoms with Crippen molar-refractivity contribution >= 4 is 6.03 Å². The van der Waals surface area contributed by atoms with Crippen LogP contribution >= 0.6 is 0 Å². The Bertz CT molecular complexity index is 607. The predicted molar refractivity (Wildman–Crippen MR) is 81.0 cm³/mol. The third-order valence-corrected chi connectivity index (χ3v) is 2.88. The summed E-state index contributed by atoms with van der Waals surface area (Å²) in [5.41, 5.74) is 0.910. The summed E-state index contributed by atoms with van der Waals surface area (Å²) in [6.45, 7) is 2.35. The second-order valence-corrected chi connectivity index (χ2v) is 4.83. The molecule has 0 fully saturated rings. The highest BCUT2D eigenvalue weighted by atomic mass is 19.1. The minimum atomic E-state index is -0.421. The average molecular weight is 303 g/mol. The molecule has 5 nitrogen and oxygen atoms in total. The van der Waals surface area contributed by atoms with Gasteiger partial charge in [0.25, 0.3) is 0 Å². The molecular weight excluding hydrogens is 285 g/mol. The van der Waals surface area contributed by atoms with E-state index in [2.05, 4.69) is 15.6 Å². The standard InChI is InChI=1S/C16H18FN3O2/c1-12(11-22-15-7-3-2-6-14(15)17)20-16(21)19-10-13-5-4-8-18-9-13/h2-9,12H,10-11H2,1H3,(H2,19,20,21). The van der Waals surface area contributed by atoms with Gasteiger partial charge < -0.3 is 15.4 Å². The molecule has 2 rings (SSSR count). The number of rotatable bonds is 6. The van der Waals surface area contributed by atoms with Crippen LogP contribution in [0.4, 0.5) is 9.18 Å². The van der Waals surface area contributed by atoms with Crippen LogP contribution < -0.4 is 15.4 Å². The van der Waals surface area contributed by atoms with Crippen LogP contribution in [0.3, 0.4) is 0 Å². The SMILES string of the molecule is CC(COc1ccccc1F)NC(=O)NCc1cccnc1. The van der Waals surface area contributed by atoms with Crippen molar-refractivity contribution in [2.75, 3.05) is 6.61 Å². The Kier molecular flexibility index (Phi) is 5.71. The summed E-state index contributed by atoms with van der Waals surface area (Å²) in [6, 6.07) is 9.27. The first kappa shape index (κ1) is 15.8. The molecule has 1 atom stereocenters. The first-order chi connectivity index (χ1) is 10.6. The van der Waals surface area contributed by atoms with Gasteiger partial charge in [-0.3, -0.25) is 4.98 Å². The number of hydrogen-bond donors (Lipinski definition) is 2. The van der Waals surface area contributed by atoms with Gasteiger partial charge >= 0.3 is 6.03 Å². The molecule has 0 aliphatic rings. The van der Waals surface area contributed by atoms with Crippen molar-refractivity contribution in [3.63, 3.8) is 0 Å². The molecule has 1 heterocycles. The Morgan fingerprint density at radius 2 is 2.14 bits per heavy atom. The third-order valence-electron chi connectivity index (χ3n) is 2.88. The summed E-state index contributed by atoms with van der Waals surface area (Å²) in [5.74, 6) is -0.248. The quantitative estimate of drug-likeness (QED) is 0.862. The zero-order valence-corrected chi connectivity index (χ0v) is 12.3. The number of nitrogens with one attached hydrogen (secondary N) is 2. The first-order valence-electron chi connectivity index (χ1n) is 6.96. The van der Waals surface area contributed by atoms with Crippen molar-refractivity contribution in [2.45, 2.75) is 19.5 Å². The van der Waals surface area contributed by atoms with E-state index >= 15 is 0 Å². The Morgan fingerprint density at radius 1 is 1.32 bits per heavy atom. The van der Waals surface area contributed by atoms with Gasteiger partial charge in [-0.25, -0.2) is 9.18 Å². The van der Waals surface area contributed by atoms with E-state index < -0.39 is 5.82 Å². The molecule has 1 aromatic heterocycles. The van der Waals surface area contributed by atoms with Gasteiger partial charge in [-0.1, -0.05) is 18.2 Å². The molecule has 1 aromatic carbocycles. The maximum atomic E-state index is 13.4. The number of halogens is 1. The van der Waals surface area contributed by atoms with Crippen LogP contribution in [0.5, 0.6) is 5.75 Å². The van der Waals surface area contributed by atoms with Crippen molar-refractivity contribution in [1.29, 1.82) is 0 Å². The van der Waals surface area contributed by atoms with Gasteiger partial charge in [0, 0.05) is 18.9 Å². The Morgan fingerprint density at radius 3 is 2.86 bits per heavy atom. The fraction of sp³-hybridized carbons (Fsp3) is 0.250. The van der Waals surface area contributed by atoms with Gasteiger partial charge in [-0.05, 0) is 30.7 Å². The maximum absolute atomic E-state index is 13.4. The summed E-state index contributed by atoms with van der Waals surface area (Å²) in [6.07, 6.45) is 3.36. The van der Waals surface area contributed by atoms with Crippen molar-refractivity contribution in [3.05, 3.63) is 60.2 Å². The molecule has 0 aliphatic carbocycles.